The van der Waals surface area contributed by atoms with Crippen LogP contribution in [-0.4, -0.2) is 49.2 Å². The van der Waals surface area contributed by atoms with E-state index in [0.717, 1.165) is 0 Å². The van der Waals surface area contributed by atoms with Crippen LogP contribution in [0.4, 0.5) is 35.1 Å². The third kappa shape index (κ3) is 4.91. The van der Waals surface area contributed by atoms with Gasteiger partial charge >= 0.3 is 12.0 Å². The first-order valence-electron chi connectivity index (χ1n) is 5.64. The van der Waals surface area contributed by atoms with Gasteiger partial charge in [0.05, 0.1) is 0 Å². The van der Waals surface area contributed by atoms with E-state index in [1.807, 2.05) is 0 Å². The summed E-state index contributed by atoms with van der Waals surface area (Å²) in [5, 5.41) is 0. The smallest absolute Gasteiger partial charge is 0.293 e. The lowest BCUT2D eigenvalue weighted by molar-refractivity contribution is -0.372. The molecule has 0 rings (SSSR count). The normalized spacial score (nSPS) is 18.3. The molecule has 3 atom stereocenters. The summed E-state index contributed by atoms with van der Waals surface area (Å²) >= 11 is 0. The zero-order chi connectivity index (χ0) is 17.9. The van der Waals surface area contributed by atoms with Gasteiger partial charge in [0, 0.05) is 0 Å². The van der Waals surface area contributed by atoms with Crippen LogP contribution in [0.15, 0.2) is 0 Å². The Labute approximate surface area is 120 Å². The van der Waals surface area contributed by atoms with Crippen molar-refractivity contribution in [2.75, 3.05) is 0 Å². The minimum absolute atomic E-state index is 0.228. The molecule has 0 radical (unpaired) electrons. The fourth-order valence-electron chi connectivity index (χ4n) is 1.24. The van der Waals surface area contributed by atoms with Crippen molar-refractivity contribution in [2.24, 2.45) is 0 Å². The Kier molecular flexibility index (Phi) is 7.03. The van der Waals surface area contributed by atoms with Crippen LogP contribution >= 0.6 is 0 Å². The zero-order valence-corrected chi connectivity index (χ0v) is 11.6. The summed E-state index contributed by atoms with van der Waals surface area (Å²) < 4.78 is 135. The van der Waals surface area contributed by atoms with E-state index >= 15 is 0 Å². The van der Waals surface area contributed by atoms with E-state index in [2.05, 4.69) is 4.74 Å². The summed E-state index contributed by atoms with van der Waals surface area (Å²) in [6, 6.07) is 0. The van der Waals surface area contributed by atoms with E-state index in [-0.39, 0.29) is 6.42 Å². The molecule has 1 N–H and O–H groups in total. The quantitative estimate of drug-likeness (QED) is 0.502. The molecule has 0 spiro atoms. The first-order chi connectivity index (χ1) is 9.68. The average Bonchev–Trinajstić information content (AvgIpc) is 2.34. The summed E-state index contributed by atoms with van der Waals surface area (Å²) in [7, 11) is -5.38. The molecule has 0 bridgehead atoms. The number of ether oxygens (including phenoxy) is 1. The maximum absolute atomic E-state index is 13.2. The van der Waals surface area contributed by atoms with Gasteiger partial charge in [-0.15, -0.1) is 0 Å². The van der Waals surface area contributed by atoms with E-state index in [4.69, 9.17) is 4.55 Å². The molecule has 4 nitrogen and oxygen atoms in total. The highest BCUT2D eigenvalue weighted by Gasteiger charge is 2.67. The Morgan fingerprint density at radius 2 is 1.55 bits per heavy atom. The molecule has 0 heterocycles. The van der Waals surface area contributed by atoms with Crippen molar-refractivity contribution >= 4 is 10.1 Å². The van der Waals surface area contributed by atoms with Gasteiger partial charge in [0.1, 0.15) is 0 Å². The van der Waals surface area contributed by atoms with E-state index in [9.17, 15) is 43.5 Å². The number of rotatable bonds is 9. The van der Waals surface area contributed by atoms with E-state index in [1.54, 1.807) is 0 Å². The molecule has 0 aromatic rings. The van der Waals surface area contributed by atoms with Crippen LogP contribution in [0.5, 0.6) is 0 Å². The zero-order valence-electron chi connectivity index (χ0n) is 10.8. The fourth-order valence-corrected chi connectivity index (χ4v) is 2.01. The third-order valence-corrected chi connectivity index (χ3v) is 3.39. The molecule has 0 saturated carbocycles. The second-order valence-electron chi connectivity index (χ2n) is 4.17. The SMILES string of the molecule is CCCC(OC(F)(F)C(F)(F)C(F)C(F)C(F)F)S(=O)(=O)O. The summed E-state index contributed by atoms with van der Waals surface area (Å²) in [6.07, 6.45) is -20.3. The summed E-state index contributed by atoms with van der Waals surface area (Å²) in [6.45, 7) is 1.21. The van der Waals surface area contributed by atoms with Gasteiger partial charge in [0.15, 0.2) is 11.6 Å². The second-order valence-corrected chi connectivity index (χ2v) is 5.73. The highest BCUT2D eigenvalue weighted by molar-refractivity contribution is 7.86. The minimum Gasteiger partial charge on any atom is -0.293 e. The van der Waals surface area contributed by atoms with Crippen LogP contribution in [0.25, 0.3) is 0 Å². The van der Waals surface area contributed by atoms with Gasteiger partial charge in [-0.05, 0) is 6.42 Å². The van der Waals surface area contributed by atoms with Crippen LogP contribution in [0.1, 0.15) is 19.8 Å². The maximum atomic E-state index is 13.2. The van der Waals surface area contributed by atoms with Crippen molar-refractivity contribution in [3.63, 3.8) is 0 Å². The van der Waals surface area contributed by atoms with Gasteiger partial charge in [-0.25, -0.2) is 17.6 Å². The van der Waals surface area contributed by atoms with Gasteiger partial charge in [-0.1, -0.05) is 13.3 Å². The topological polar surface area (TPSA) is 63.6 Å². The Hall–Kier alpha value is -0.690. The Balaban J connectivity index is 5.41. The largest absolute Gasteiger partial charge is 0.423 e. The molecule has 0 aliphatic rings. The van der Waals surface area contributed by atoms with Crippen molar-refractivity contribution in [3.05, 3.63) is 0 Å². The average molecular weight is 368 g/mol. The van der Waals surface area contributed by atoms with E-state index < -0.39 is 52.8 Å². The second kappa shape index (κ2) is 7.25. The predicted molar refractivity (Wildman–Crippen MR) is 57.0 cm³/mol. The lowest BCUT2D eigenvalue weighted by Gasteiger charge is -2.31. The van der Waals surface area contributed by atoms with Crippen LogP contribution < -0.4 is 0 Å². The Bertz CT molecular complexity index is 455. The lowest BCUT2D eigenvalue weighted by Crippen LogP contribution is -2.55. The molecule has 22 heavy (non-hydrogen) atoms. The molecule has 13 heteroatoms. The van der Waals surface area contributed by atoms with Gasteiger partial charge in [-0.3, -0.25) is 9.29 Å². The minimum atomic E-state index is -6.10. The molecule has 134 valence electrons. The lowest BCUT2D eigenvalue weighted by atomic mass is 10.1. The number of hydrogen-bond donors (Lipinski definition) is 1. The van der Waals surface area contributed by atoms with Crippen LogP contribution in [0, 0.1) is 0 Å². The molecule has 0 fully saturated rings. The molecular formula is C9H12F8O4S. The van der Waals surface area contributed by atoms with Crippen LogP contribution in [0.2, 0.25) is 0 Å². The molecule has 0 aliphatic heterocycles. The number of alkyl halides is 8. The summed E-state index contributed by atoms with van der Waals surface area (Å²) in [5.74, 6) is -6.10. The first-order valence-corrected chi connectivity index (χ1v) is 7.14. The Morgan fingerprint density at radius 3 is 1.86 bits per heavy atom. The highest BCUT2D eigenvalue weighted by Crippen LogP contribution is 2.43. The standard InChI is InChI=1S/C9H12F8O4S/c1-2-3-4(22(18,19)20)21-9(16,17)8(14,15)6(11)5(10)7(12)13/h4-7H,2-3H2,1H3,(H,18,19,20). The van der Waals surface area contributed by atoms with Crippen molar-refractivity contribution in [3.8, 4) is 0 Å². The van der Waals surface area contributed by atoms with Crippen LogP contribution in [0.3, 0.4) is 0 Å². The predicted octanol–water partition coefficient (Wildman–Crippen LogP) is 3.19. The van der Waals surface area contributed by atoms with Gasteiger partial charge in [0.25, 0.3) is 16.5 Å². The fraction of sp³-hybridized carbons (Fsp3) is 1.00. The van der Waals surface area contributed by atoms with E-state index in [0.29, 0.717) is 0 Å². The number of hydrogen-bond acceptors (Lipinski definition) is 3. The Morgan fingerprint density at radius 1 is 1.09 bits per heavy atom. The van der Waals surface area contributed by atoms with Gasteiger partial charge in [0.2, 0.25) is 6.17 Å². The molecule has 0 aromatic heterocycles. The van der Waals surface area contributed by atoms with Gasteiger partial charge < -0.3 is 0 Å². The molecule has 0 amide bonds. The maximum Gasteiger partial charge on any atom is 0.423 e. The third-order valence-electron chi connectivity index (χ3n) is 2.39. The highest BCUT2D eigenvalue weighted by atomic mass is 32.2. The van der Waals surface area contributed by atoms with Crippen molar-refractivity contribution < 1.29 is 52.8 Å². The van der Waals surface area contributed by atoms with Crippen molar-refractivity contribution in [1.82, 2.24) is 0 Å². The molecule has 0 saturated heterocycles. The van der Waals surface area contributed by atoms with Crippen molar-refractivity contribution in [2.45, 2.75) is 56.0 Å². The molecule has 0 aliphatic carbocycles. The van der Waals surface area contributed by atoms with E-state index in [1.165, 1.54) is 6.92 Å². The molecular weight excluding hydrogens is 356 g/mol. The molecule has 0 aromatic carbocycles. The monoisotopic (exact) mass is 368 g/mol. The van der Waals surface area contributed by atoms with Crippen molar-refractivity contribution in [1.29, 1.82) is 0 Å². The van der Waals surface area contributed by atoms with Gasteiger partial charge in [-0.2, -0.15) is 26.0 Å². The number of halogens is 8. The molecule has 3 unspecified atom stereocenters. The summed E-state index contributed by atoms with van der Waals surface area (Å²) in [5.41, 5.74) is -2.87. The van der Waals surface area contributed by atoms with Crippen LogP contribution in [-0.2, 0) is 14.9 Å². The first kappa shape index (κ1) is 21.3. The summed E-state index contributed by atoms with van der Waals surface area (Å²) in [4.78, 5) is 0.